The second-order valence-corrected chi connectivity index (χ2v) is 5.25. The summed E-state index contributed by atoms with van der Waals surface area (Å²) in [4.78, 5) is 11.9. The highest BCUT2D eigenvalue weighted by molar-refractivity contribution is 5.79. The Morgan fingerprint density at radius 2 is 2.00 bits per heavy atom. The van der Waals surface area contributed by atoms with E-state index in [9.17, 15) is 13.6 Å². The lowest BCUT2D eigenvalue weighted by Crippen LogP contribution is -2.55. The molecule has 0 fully saturated rings. The number of carbonyl (C=O) groups excluding carboxylic acids is 1. The number of nitrogens with two attached hydrogens (primary N) is 1. The summed E-state index contributed by atoms with van der Waals surface area (Å²) in [5, 5.41) is 2.84. The van der Waals surface area contributed by atoms with Crippen LogP contribution in [0.2, 0.25) is 0 Å². The summed E-state index contributed by atoms with van der Waals surface area (Å²) >= 11 is 0. The lowest BCUT2D eigenvalue weighted by Gasteiger charge is -2.33. The Kier molecular flexibility index (Phi) is 5.00. The molecule has 0 saturated heterocycles. The van der Waals surface area contributed by atoms with Gasteiger partial charge in [-0.05, 0) is 30.5 Å². The molecule has 5 heteroatoms. The van der Waals surface area contributed by atoms with Crippen LogP contribution in [-0.4, -0.2) is 18.0 Å². The average Bonchev–Trinajstić information content (AvgIpc) is 2.33. The first kappa shape index (κ1) is 15.6. The van der Waals surface area contributed by atoms with Gasteiger partial charge in [0.15, 0.2) is 11.6 Å². The SMILES string of the molecule is CC(C)C(C)(CN)NC(=O)Cc1ccc(F)c(F)c1. The van der Waals surface area contributed by atoms with Gasteiger partial charge in [-0.25, -0.2) is 8.78 Å². The minimum absolute atomic E-state index is 0.000486. The van der Waals surface area contributed by atoms with Gasteiger partial charge in [0, 0.05) is 6.54 Å². The topological polar surface area (TPSA) is 55.1 Å². The Morgan fingerprint density at radius 1 is 1.37 bits per heavy atom. The van der Waals surface area contributed by atoms with Crippen molar-refractivity contribution in [3.8, 4) is 0 Å². The molecule has 0 spiro atoms. The maximum Gasteiger partial charge on any atom is 0.224 e. The molecule has 1 amide bonds. The van der Waals surface area contributed by atoms with Gasteiger partial charge in [-0.2, -0.15) is 0 Å². The Labute approximate surface area is 112 Å². The largest absolute Gasteiger partial charge is 0.349 e. The van der Waals surface area contributed by atoms with Crippen molar-refractivity contribution in [3.05, 3.63) is 35.4 Å². The normalized spacial score (nSPS) is 14.3. The summed E-state index contributed by atoms with van der Waals surface area (Å²) in [7, 11) is 0. The van der Waals surface area contributed by atoms with Gasteiger partial charge < -0.3 is 11.1 Å². The third-order valence-electron chi connectivity index (χ3n) is 3.47. The number of hydrogen-bond donors (Lipinski definition) is 2. The monoisotopic (exact) mass is 270 g/mol. The quantitative estimate of drug-likeness (QED) is 0.859. The van der Waals surface area contributed by atoms with E-state index in [4.69, 9.17) is 5.73 Å². The van der Waals surface area contributed by atoms with Crippen LogP contribution in [-0.2, 0) is 11.2 Å². The molecule has 0 heterocycles. The first-order chi connectivity index (χ1) is 8.78. The molecule has 3 nitrogen and oxygen atoms in total. The predicted molar refractivity (Wildman–Crippen MR) is 70.5 cm³/mol. The third-order valence-corrected chi connectivity index (χ3v) is 3.47. The third kappa shape index (κ3) is 3.99. The van der Waals surface area contributed by atoms with Crippen molar-refractivity contribution in [2.45, 2.75) is 32.7 Å². The fourth-order valence-electron chi connectivity index (χ4n) is 1.63. The van der Waals surface area contributed by atoms with Crippen molar-refractivity contribution >= 4 is 5.91 Å². The molecule has 0 aliphatic rings. The first-order valence-corrected chi connectivity index (χ1v) is 6.23. The molecule has 1 atom stereocenters. The first-order valence-electron chi connectivity index (χ1n) is 6.23. The summed E-state index contributed by atoms with van der Waals surface area (Å²) in [5.74, 6) is -1.95. The van der Waals surface area contributed by atoms with E-state index in [0.29, 0.717) is 12.1 Å². The van der Waals surface area contributed by atoms with Crippen LogP contribution in [0.3, 0.4) is 0 Å². The fourth-order valence-corrected chi connectivity index (χ4v) is 1.63. The van der Waals surface area contributed by atoms with E-state index < -0.39 is 17.2 Å². The number of nitrogens with one attached hydrogen (secondary N) is 1. The van der Waals surface area contributed by atoms with Crippen molar-refractivity contribution in [1.82, 2.24) is 5.32 Å². The zero-order chi connectivity index (χ0) is 14.6. The van der Waals surface area contributed by atoms with Crippen LogP contribution in [0.25, 0.3) is 0 Å². The van der Waals surface area contributed by atoms with Gasteiger partial charge in [-0.15, -0.1) is 0 Å². The zero-order valence-corrected chi connectivity index (χ0v) is 11.5. The van der Waals surface area contributed by atoms with E-state index in [2.05, 4.69) is 5.32 Å². The van der Waals surface area contributed by atoms with Gasteiger partial charge >= 0.3 is 0 Å². The minimum Gasteiger partial charge on any atom is -0.349 e. The Bertz CT molecular complexity index is 463. The molecular weight excluding hydrogens is 250 g/mol. The molecule has 0 saturated carbocycles. The van der Waals surface area contributed by atoms with E-state index >= 15 is 0 Å². The molecule has 1 aromatic rings. The molecule has 0 aliphatic carbocycles. The van der Waals surface area contributed by atoms with Gasteiger partial charge in [0.2, 0.25) is 5.91 Å². The van der Waals surface area contributed by atoms with Crippen LogP contribution < -0.4 is 11.1 Å². The molecule has 3 N–H and O–H groups in total. The summed E-state index contributed by atoms with van der Waals surface area (Å²) < 4.78 is 25.8. The number of carbonyl (C=O) groups is 1. The lowest BCUT2D eigenvalue weighted by atomic mass is 9.88. The Balaban J connectivity index is 2.72. The Hall–Kier alpha value is -1.49. The maximum atomic E-state index is 13.0. The molecule has 0 aliphatic heterocycles. The summed E-state index contributed by atoms with van der Waals surface area (Å²) in [6, 6.07) is 3.44. The van der Waals surface area contributed by atoms with Gasteiger partial charge in [0.05, 0.1) is 12.0 Å². The van der Waals surface area contributed by atoms with Gasteiger partial charge in [0.1, 0.15) is 0 Å². The molecular formula is C14H20F2N2O. The number of rotatable bonds is 5. The zero-order valence-electron chi connectivity index (χ0n) is 11.5. The van der Waals surface area contributed by atoms with Crippen LogP contribution in [0.1, 0.15) is 26.3 Å². The van der Waals surface area contributed by atoms with Crippen molar-refractivity contribution in [2.75, 3.05) is 6.54 Å². The molecule has 19 heavy (non-hydrogen) atoms. The molecule has 1 rings (SSSR count). The van der Waals surface area contributed by atoms with Crippen molar-refractivity contribution in [2.24, 2.45) is 11.7 Å². The highest BCUT2D eigenvalue weighted by Crippen LogP contribution is 2.15. The van der Waals surface area contributed by atoms with Crippen LogP contribution >= 0.6 is 0 Å². The predicted octanol–water partition coefficient (Wildman–Crippen LogP) is 2.00. The van der Waals surface area contributed by atoms with E-state index in [0.717, 1.165) is 12.1 Å². The molecule has 1 aromatic carbocycles. The van der Waals surface area contributed by atoms with Gasteiger partial charge in [0.25, 0.3) is 0 Å². The molecule has 106 valence electrons. The standard InChI is InChI=1S/C14H20F2N2O/c1-9(2)14(3,8-17)18-13(19)7-10-4-5-11(15)12(16)6-10/h4-6,9H,7-8,17H2,1-3H3,(H,18,19). The fraction of sp³-hybridized carbons (Fsp3) is 0.500. The second kappa shape index (κ2) is 6.10. The highest BCUT2D eigenvalue weighted by atomic mass is 19.2. The van der Waals surface area contributed by atoms with Crippen LogP contribution in [0.5, 0.6) is 0 Å². The lowest BCUT2D eigenvalue weighted by molar-refractivity contribution is -0.122. The Morgan fingerprint density at radius 3 is 2.47 bits per heavy atom. The minimum atomic E-state index is -0.948. The number of hydrogen-bond acceptors (Lipinski definition) is 2. The van der Waals surface area contributed by atoms with Crippen molar-refractivity contribution in [1.29, 1.82) is 0 Å². The summed E-state index contributed by atoms with van der Waals surface area (Å²) in [6.45, 7) is 6.10. The van der Waals surface area contributed by atoms with Crippen molar-refractivity contribution < 1.29 is 13.6 Å². The van der Waals surface area contributed by atoms with Crippen LogP contribution in [0, 0.1) is 17.6 Å². The molecule has 0 aromatic heterocycles. The van der Waals surface area contributed by atoms with Crippen LogP contribution in [0.4, 0.5) is 8.78 Å². The summed E-state index contributed by atoms with van der Waals surface area (Å²) in [6.07, 6.45) is -0.000486. The van der Waals surface area contributed by atoms with E-state index in [1.54, 1.807) is 0 Å². The van der Waals surface area contributed by atoms with E-state index in [-0.39, 0.29) is 18.2 Å². The molecule has 1 unspecified atom stereocenters. The smallest absolute Gasteiger partial charge is 0.224 e. The average molecular weight is 270 g/mol. The maximum absolute atomic E-state index is 13.0. The highest BCUT2D eigenvalue weighted by Gasteiger charge is 2.28. The molecule has 0 radical (unpaired) electrons. The van der Waals surface area contributed by atoms with Crippen LogP contribution in [0.15, 0.2) is 18.2 Å². The number of halogens is 2. The van der Waals surface area contributed by atoms with Gasteiger partial charge in [-0.3, -0.25) is 4.79 Å². The number of benzene rings is 1. The summed E-state index contributed by atoms with van der Waals surface area (Å²) in [5.41, 5.74) is 5.60. The second-order valence-electron chi connectivity index (χ2n) is 5.25. The van der Waals surface area contributed by atoms with Gasteiger partial charge in [-0.1, -0.05) is 19.9 Å². The number of amides is 1. The van der Waals surface area contributed by atoms with Crippen molar-refractivity contribution in [3.63, 3.8) is 0 Å². The van der Waals surface area contributed by atoms with E-state index in [1.165, 1.54) is 6.07 Å². The van der Waals surface area contributed by atoms with E-state index in [1.807, 2.05) is 20.8 Å². The molecule has 0 bridgehead atoms.